The Hall–Kier alpha value is -1.56. The number of hydrogen-bond donors (Lipinski definition) is 1. The van der Waals surface area contributed by atoms with E-state index in [9.17, 15) is 4.79 Å². The Kier molecular flexibility index (Phi) is 6.34. The number of benzene rings is 2. The van der Waals surface area contributed by atoms with Crippen molar-refractivity contribution in [3.8, 4) is 11.5 Å². The highest BCUT2D eigenvalue weighted by Crippen LogP contribution is 2.34. The summed E-state index contributed by atoms with van der Waals surface area (Å²) < 4.78 is 11.3. The molecule has 3 rings (SSSR count). The molecule has 2 aromatic rings. The van der Waals surface area contributed by atoms with Crippen molar-refractivity contribution in [2.24, 2.45) is 0 Å². The van der Waals surface area contributed by atoms with Crippen molar-refractivity contribution < 1.29 is 14.3 Å². The van der Waals surface area contributed by atoms with Gasteiger partial charge in [-0.05, 0) is 30.3 Å². The highest BCUT2D eigenvalue weighted by molar-refractivity contribution is 7.99. The molecule has 0 aliphatic carbocycles. The Morgan fingerprint density at radius 3 is 2.56 bits per heavy atom. The molecular weight excluding hydrogens is 381 g/mol. The number of thioether (sulfide) groups is 1. The van der Waals surface area contributed by atoms with Gasteiger partial charge in [0.05, 0.1) is 28.9 Å². The Morgan fingerprint density at radius 2 is 1.80 bits per heavy atom. The van der Waals surface area contributed by atoms with Crippen molar-refractivity contribution in [2.75, 3.05) is 24.3 Å². The lowest BCUT2D eigenvalue weighted by Gasteiger charge is -2.10. The standard InChI is InChI=1S/C18H17Cl2NO3S/c19-13-3-1-4-14(20)18(13)21-17(22)7-10-25-12-5-6-15-16(11-12)24-9-2-8-23-15/h1,3-6,11H,2,7-10H2,(H,21,22). The number of halogens is 2. The third-order valence-corrected chi connectivity index (χ3v) is 5.17. The van der Waals surface area contributed by atoms with Gasteiger partial charge >= 0.3 is 0 Å². The molecule has 1 amide bonds. The number of hydrogen-bond acceptors (Lipinski definition) is 4. The van der Waals surface area contributed by atoms with E-state index in [1.54, 1.807) is 30.0 Å². The lowest BCUT2D eigenvalue weighted by molar-refractivity contribution is -0.115. The summed E-state index contributed by atoms with van der Waals surface area (Å²) in [5, 5.41) is 3.62. The summed E-state index contributed by atoms with van der Waals surface area (Å²) in [5.74, 6) is 2.03. The van der Waals surface area contributed by atoms with Crippen LogP contribution in [0.3, 0.4) is 0 Å². The minimum Gasteiger partial charge on any atom is -0.490 e. The van der Waals surface area contributed by atoms with Gasteiger partial charge in [-0.1, -0.05) is 29.3 Å². The van der Waals surface area contributed by atoms with E-state index in [1.165, 1.54) is 0 Å². The minimum absolute atomic E-state index is 0.128. The normalized spacial score (nSPS) is 13.2. The molecule has 0 saturated carbocycles. The lowest BCUT2D eigenvalue weighted by atomic mass is 10.3. The molecule has 1 N–H and O–H groups in total. The van der Waals surface area contributed by atoms with E-state index in [-0.39, 0.29) is 5.91 Å². The van der Waals surface area contributed by atoms with Crippen LogP contribution in [0, 0.1) is 0 Å². The van der Waals surface area contributed by atoms with Gasteiger partial charge in [-0.15, -0.1) is 11.8 Å². The van der Waals surface area contributed by atoms with Gasteiger partial charge in [-0.2, -0.15) is 0 Å². The number of amides is 1. The first-order chi connectivity index (χ1) is 12.1. The molecule has 0 fully saturated rings. The van der Waals surface area contributed by atoms with Gasteiger partial charge in [0.2, 0.25) is 5.91 Å². The number of ether oxygens (including phenoxy) is 2. The zero-order valence-corrected chi connectivity index (χ0v) is 15.7. The van der Waals surface area contributed by atoms with Crippen LogP contribution in [0.5, 0.6) is 11.5 Å². The lowest BCUT2D eigenvalue weighted by Crippen LogP contribution is -2.12. The maximum Gasteiger partial charge on any atom is 0.225 e. The van der Waals surface area contributed by atoms with Gasteiger partial charge in [0, 0.05) is 23.5 Å². The predicted octanol–water partition coefficient (Wildman–Crippen LogP) is 5.28. The number of carbonyl (C=O) groups excluding carboxylic acids is 1. The van der Waals surface area contributed by atoms with Crippen LogP contribution >= 0.6 is 35.0 Å². The molecule has 0 atom stereocenters. The van der Waals surface area contributed by atoms with Gasteiger partial charge in [-0.3, -0.25) is 4.79 Å². The summed E-state index contributed by atoms with van der Waals surface area (Å²) in [6.45, 7) is 1.33. The zero-order chi connectivity index (χ0) is 17.6. The number of fused-ring (bicyclic) bond motifs is 1. The first-order valence-corrected chi connectivity index (χ1v) is 9.64. The molecular formula is C18H17Cl2NO3S. The second-order valence-corrected chi connectivity index (χ2v) is 7.39. The van der Waals surface area contributed by atoms with Crippen LogP contribution in [0.15, 0.2) is 41.3 Å². The topological polar surface area (TPSA) is 47.6 Å². The molecule has 1 aliphatic heterocycles. The fourth-order valence-corrected chi connectivity index (χ4v) is 3.68. The second kappa shape index (κ2) is 8.70. The van der Waals surface area contributed by atoms with E-state index < -0.39 is 0 Å². The van der Waals surface area contributed by atoms with Crippen molar-refractivity contribution in [3.05, 3.63) is 46.4 Å². The van der Waals surface area contributed by atoms with Crippen molar-refractivity contribution in [1.29, 1.82) is 0 Å². The minimum atomic E-state index is -0.128. The molecule has 0 bridgehead atoms. The van der Waals surface area contributed by atoms with Crippen LogP contribution in [-0.2, 0) is 4.79 Å². The molecule has 0 spiro atoms. The Morgan fingerprint density at radius 1 is 1.08 bits per heavy atom. The second-order valence-electron chi connectivity index (χ2n) is 5.40. The summed E-state index contributed by atoms with van der Waals surface area (Å²) in [6.07, 6.45) is 1.22. The quantitative estimate of drug-likeness (QED) is 0.697. The third kappa shape index (κ3) is 4.97. The van der Waals surface area contributed by atoms with Crippen LogP contribution in [-0.4, -0.2) is 24.9 Å². The van der Waals surface area contributed by atoms with Crippen molar-refractivity contribution in [2.45, 2.75) is 17.7 Å². The summed E-state index contributed by atoms with van der Waals surface area (Å²) in [6, 6.07) is 11.0. The molecule has 7 heteroatoms. The molecule has 1 aliphatic rings. The van der Waals surface area contributed by atoms with Gasteiger partial charge < -0.3 is 14.8 Å². The van der Waals surface area contributed by atoms with Gasteiger partial charge in [0.25, 0.3) is 0 Å². The largest absolute Gasteiger partial charge is 0.490 e. The van der Waals surface area contributed by atoms with Crippen molar-refractivity contribution in [3.63, 3.8) is 0 Å². The van der Waals surface area contributed by atoms with Gasteiger partial charge in [0.1, 0.15) is 0 Å². The van der Waals surface area contributed by atoms with Crippen LogP contribution in [0.4, 0.5) is 5.69 Å². The molecule has 0 saturated heterocycles. The molecule has 25 heavy (non-hydrogen) atoms. The SMILES string of the molecule is O=C(CCSc1ccc2c(c1)OCCCO2)Nc1c(Cl)cccc1Cl. The number of para-hydroxylation sites is 1. The Labute approximate surface area is 160 Å². The third-order valence-electron chi connectivity index (χ3n) is 3.54. The first kappa shape index (κ1) is 18.2. The summed E-state index contributed by atoms with van der Waals surface area (Å²) >= 11 is 13.7. The van der Waals surface area contributed by atoms with E-state index in [0.29, 0.717) is 41.1 Å². The van der Waals surface area contributed by atoms with E-state index in [2.05, 4.69) is 5.32 Å². The van der Waals surface area contributed by atoms with Crippen molar-refractivity contribution >= 4 is 46.6 Å². The fraction of sp³-hybridized carbons (Fsp3) is 0.278. The van der Waals surface area contributed by atoms with Crippen LogP contribution < -0.4 is 14.8 Å². The number of anilines is 1. The van der Waals surface area contributed by atoms with Crippen LogP contribution in [0.2, 0.25) is 10.0 Å². The highest BCUT2D eigenvalue weighted by atomic mass is 35.5. The monoisotopic (exact) mass is 397 g/mol. The molecule has 2 aromatic carbocycles. The van der Waals surface area contributed by atoms with Gasteiger partial charge in [-0.25, -0.2) is 0 Å². The number of rotatable bonds is 5. The van der Waals surface area contributed by atoms with Crippen LogP contribution in [0.1, 0.15) is 12.8 Å². The van der Waals surface area contributed by atoms with Crippen molar-refractivity contribution in [1.82, 2.24) is 0 Å². The van der Waals surface area contributed by atoms with E-state index in [4.69, 9.17) is 32.7 Å². The summed E-state index contributed by atoms with van der Waals surface area (Å²) in [5.41, 5.74) is 0.455. The summed E-state index contributed by atoms with van der Waals surface area (Å²) in [4.78, 5) is 13.1. The van der Waals surface area contributed by atoms with E-state index in [0.717, 1.165) is 22.8 Å². The predicted molar refractivity (Wildman–Crippen MR) is 102 cm³/mol. The zero-order valence-electron chi connectivity index (χ0n) is 13.4. The Balaban J connectivity index is 1.52. The number of carbonyl (C=O) groups is 1. The first-order valence-electron chi connectivity index (χ1n) is 7.90. The maximum absolute atomic E-state index is 12.1. The molecule has 0 aromatic heterocycles. The summed E-state index contributed by atoms with van der Waals surface area (Å²) in [7, 11) is 0. The molecule has 0 radical (unpaired) electrons. The molecule has 132 valence electrons. The van der Waals surface area contributed by atoms with Crippen LogP contribution in [0.25, 0.3) is 0 Å². The van der Waals surface area contributed by atoms with E-state index >= 15 is 0 Å². The highest BCUT2D eigenvalue weighted by Gasteiger charge is 2.12. The average Bonchev–Trinajstić information content (AvgIpc) is 2.83. The smallest absolute Gasteiger partial charge is 0.225 e. The maximum atomic E-state index is 12.1. The average molecular weight is 398 g/mol. The molecule has 4 nitrogen and oxygen atoms in total. The molecule has 1 heterocycles. The number of nitrogens with one attached hydrogen (secondary N) is 1. The fourth-order valence-electron chi connectivity index (χ4n) is 2.31. The van der Waals surface area contributed by atoms with Gasteiger partial charge in [0.15, 0.2) is 11.5 Å². The Bertz CT molecular complexity index is 750. The molecule has 0 unspecified atom stereocenters. The van der Waals surface area contributed by atoms with E-state index in [1.807, 2.05) is 18.2 Å².